The van der Waals surface area contributed by atoms with Crippen molar-refractivity contribution in [2.24, 2.45) is 5.41 Å². The van der Waals surface area contributed by atoms with E-state index in [0.29, 0.717) is 12.0 Å². The van der Waals surface area contributed by atoms with Crippen LogP contribution in [0.4, 0.5) is 4.79 Å². The van der Waals surface area contributed by atoms with Gasteiger partial charge in [-0.25, -0.2) is 4.79 Å². The molecule has 1 amide bonds. The summed E-state index contributed by atoms with van der Waals surface area (Å²) in [4.78, 5) is 39.7. The second-order valence-corrected chi connectivity index (χ2v) is 23.4. The van der Waals surface area contributed by atoms with Crippen molar-refractivity contribution in [2.75, 3.05) is 19.8 Å². The fourth-order valence-corrected chi connectivity index (χ4v) is 13.5. The number of esters is 1. The molecule has 0 bridgehead atoms. The van der Waals surface area contributed by atoms with E-state index in [1.54, 1.807) is 27.7 Å². The number of hydrogen-bond donors (Lipinski definition) is 0. The quantitative estimate of drug-likeness (QED) is 0.118. The van der Waals surface area contributed by atoms with Gasteiger partial charge in [-0.05, 0) is 20.8 Å². The molecule has 49 heavy (non-hydrogen) atoms. The molecule has 3 aromatic rings. The Bertz CT molecular complexity index is 1660. The summed E-state index contributed by atoms with van der Waals surface area (Å²) in [6.07, 6.45) is 5.92. The van der Waals surface area contributed by atoms with E-state index in [9.17, 15) is 14.4 Å². The molecule has 8 heteroatoms. The maximum absolute atomic E-state index is 13.5. The topological polar surface area (TPSA) is 72.9 Å². The number of carbonyl (C=O) groups excluding carboxylic acids is 3. The Morgan fingerprint density at radius 1 is 0.918 bits per heavy atom. The van der Waals surface area contributed by atoms with Gasteiger partial charge in [0.1, 0.15) is 5.60 Å². The molecule has 0 saturated carbocycles. The third-order valence-corrected chi connectivity index (χ3v) is 18.5. The van der Waals surface area contributed by atoms with Crippen LogP contribution in [-0.4, -0.2) is 54.2 Å². The molecule has 0 radical (unpaired) electrons. The minimum absolute atomic E-state index is 0.225. The fraction of sp³-hybridized carbons (Fsp3) is 0.341. The molecule has 0 aliphatic heterocycles. The first-order valence-electron chi connectivity index (χ1n) is 16.6. The molecule has 6 nitrogen and oxygen atoms in total. The number of ketones is 1. The Kier molecular flexibility index (Phi) is 11.6. The van der Waals surface area contributed by atoms with Gasteiger partial charge in [0.05, 0.1) is 0 Å². The fourth-order valence-electron chi connectivity index (χ4n) is 6.37. The zero-order chi connectivity index (χ0) is 36.1. The molecule has 4 rings (SSSR count). The summed E-state index contributed by atoms with van der Waals surface area (Å²) in [6.45, 7) is 12.9. The van der Waals surface area contributed by atoms with Crippen molar-refractivity contribution in [3.63, 3.8) is 0 Å². The average molecular weight is 747 g/mol. The van der Waals surface area contributed by atoms with Crippen LogP contribution in [0.2, 0.25) is 0 Å². The number of rotatable bonds is 10. The molecule has 1 atom stereocenters. The summed E-state index contributed by atoms with van der Waals surface area (Å²) in [5, 5.41) is 0.605. The molecule has 0 fully saturated rings. The van der Waals surface area contributed by atoms with Gasteiger partial charge in [-0.3, -0.25) is 0 Å². The van der Waals surface area contributed by atoms with Crippen LogP contribution in [0, 0.1) is 5.41 Å². The Balaban J connectivity index is 1.61. The van der Waals surface area contributed by atoms with Crippen molar-refractivity contribution in [1.82, 2.24) is 4.90 Å². The van der Waals surface area contributed by atoms with E-state index in [0.717, 1.165) is 22.2 Å². The molecular weight excluding hydrogens is 697 g/mol. The van der Waals surface area contributed by atoms with Crippen LogP contribution in [0.1, 0.15) is 54.9 Å². The van der Waals surface area contributed by atoms with Gasteiger partial charge in [-0.1, -0.05) is 0 Å². The van der Waals surface area contributed by atoms with E-state index in [2.05, 4.69) is 139 Å². The normalized spacial score (nSPS) is 17.7. The van der Waals surface area contributed by atoms with Crippen LogP contribution in [0.5, 0.6) is 0 Å². The molecule has 0 heterocycles. The molecule has 3 aromatic carbocycles. The summed E-state index contributed by atoms with van der Waals surface area (Å²) in [7, 11) is 1.47. The Morgan fingerprint density at radius 3 is 1.84 bits per heavy atom. The number of likely N-dealkylation sites (N-methyl/N-ethyl adjacent to an activating group) is 1. The van der Waals surface area contributed by atoms with E-state index < -0.39 is 34.5 Å². The van der Waals surface area contributed by atoms with E-state index in [1.165, 1.54) is 23.0 Å². The van der Waals surface area contributed by atoms with E-state index in [1.807, 2.05) is 6.08 Å². The van der Waals surface area contributed by atoms with E-state index in [4.69, 9.17) is 9.47 Å². The second-order valence-electron chi connectivity index (χ2n) is 14.5. The molecule has 0 aromatic heterocycles. The predicted octanol–water partition coefficient (Wildman–Crippen LogP) is 8.42. The van der Waals surface area contributed by atoms with Crippen LogP contribution in [0.15, 0.2) is 126 Å². The SMILES string of the molecule is CC(C=CC1=C(C)C(=O)[C@@H](OC(=O)CN(C)C(=O)OC(C)(C)C)CC1(C)C)=CCP(Br)(c1ccccc1)(c1ccccc1)c1ccccc1. The third-order valence-electron chi connectivity index (χ3n) is 8.99. The van der Waals surface area contributed by atoms with Crippen LogP contribution in [-0.2, 0) is 19.1 Å². The molecule has 0 spiro atoms. The van der Waals surface area contributed by atoms with E-state index in [-0.39, 0.29) is 12.3 Å². The molecule has 0 unspecified atom stereocenters. The summed E-state index contributed by atoms with van der Waals surface area (Å²) in [5.41, 5.74) is 1.41. The first kappa shape index (κ1) is 38.0. The van der Waals surface area contributed by atoms with Crippen molar-refractivity contribution in [1.29, 1.82) is 0 Å². The summed E-state index contributed by atoms with van der Waals surface area (Å²) in [6, 6.07) is 32.0. The van der Waals surface area contributed by atoms with Gasteiger partial charge in [-0.15, -0.1) is 0 Å². The van der Waals surface area contributed by atoms with Crippen LogP contribution in [0.25, 0.3) is 0 Å². The number of halogens is 1. The first-order valence-corrected chi connectivity index (χ1v) is 21.0. The van der Waals surface area contributed by atoms with Gasteiger partial charge in [0.25, 0.3) is 0 Å². The van der Waals surface area contributed by atoms with Gasteiger partial charge in [0.2, 0.25) is 0 Å². The number of amides is 1. The van der Waals surface area contributed by atoms with Crippen molar-refractivity contribution in [2.45, 2.75) is 66.6 Å². The molecule has 0 saturated heterocycles. The van der Waals surface area contributed by atoms with Crippen molar-refractivity contribution in [3.8, 4) is 0 Å². The Morgan fingerprint density at radius 2 is 1.39 bits per heavy atom. The zero-order valence-corrected chi connectivity index (χ0v) is 32.4. The zero-order valence-electron chi connectivity index (χ0n) is 29.9. The van der Waals surface area contributed by atoms with Crippen LogP contribution >= 0.6 is 20.8 Å². The summed E-state index contributed by atoms with van der Waals surface area (Å²) < 4.78 is 11.0. The second kappa shape index (κ2) is 15.0. The Hall–Kier alpha value is -3.80. The van der Waals surface area contributed by atoms with Crippen LogP contribution < -0.4 is 15.9 Å². The molecule has 1 aliphatic rings. The number of Topliss-reactive ketones (excluding diaryl/α,β-unsaturated/α-hetero) is 1. The number of allylic oxidation sites excluding steroid dienone is 5. The average Bonchev–Trinajstić information content (AvgIpc) is 3.06. The molecule has 1 aliphatic carbocycles. The summed E-state index contributed by atoms with van der Waals surface area (Å²) in [5.74, 6) is -0.879. The van der Waals surface area contributed by atoms with Gasteiger partial charge < -0.3 is 9.64 Å². The van der Waals surface area contributed by atoms with Gasteiger partial charge >= 0.3 is 253 Å². The third kappa shape index (κ3) is 8.51. The molecule has 260 valence electrons. The predicted molar refractivity (Wildman–Crippen MR) is 207 cm³/mol. The summed E-state index contributed by atoms with van der Waals surface area (Å²) >= 11 is 4.51. The Labute approximate surface area is 299 Å². The van der Waals surface area contributed by atoms with Crippen molar-refractivity contribution in [3.05, 3.63) is 126 Å². The first-order chi connectivity index (χ1) is 23.0. The molecular formula is C41H49BrNO5P. The molecule has 0 N–H and O–H groups in total. The van der Waals surface area contributed by atoms with E-state index >= 15 is 0 Å². The number of benzene rings is 3. The minimum atomic E-state index is -3.13. The van der Waals surface area contributed by atoms with Gasteiger partial charge in [0.15, 0.2) is 0 Å². The monoisotopic (exact) mass is 745 g/mol. The van der Waals surface area contributed by atoms with Crippen LogP contribution in [0.3, 0.4) is 0 Å². The maximum atomic E-state index is 13.5. The number of nitrogens with zero attached hydrogens (tertiary/aromatic N) is 1. The number of ether oxygens (including phenoxy) is 2. The standard InChI is InChI=1S/C41H49BrNO5P/c1-30(26-27-49(42,32-18-12-9-13-19-32,33-20-14-10-15-21-33)34-22-16-11-17-23-34)24-25-35-31(2)38(45)36(28-41(35,6)7)47-37(44)29-43(8)39(46)48-40(3,4)5/h9-26,36H,27-29H2,1-8H3/t36-/m0/s1. The van der Waals surface area contributed by atoms with Gasteiger partial charge in [-0.2, -0.15) is 0 Å². The van der Waals surface area contributed by atoms with Crippen molar-refractivity contribution < 1.29 is 23.9 Å². The number of carbonyl (C=O) groups is 3. The number of hydrogen-bond acceptors (Lipinski definition) is 5. The van der Waals surface area contributed by atoms with Gasteiger partial charge in [0, 0.05) is 7.05 Å². The van der Waals surface area contributed by atoms with Crippen molar-refractivity contribution >= 4 is 54.6 Å².